The maximum Gasteiger partial charge on any atom is 0.246 e. The Kier molecular flexibility index (Phi) is 3.02. The van der Waals surface area contributed by atoms with E-state index in [1.807, 2.05) is 35.7 Å². The van der Waals surface area contributed by atoms with E-state index in [-0.39, 0.29) is 5.91 Å². The zero-order valence-electron chi connectivity index (χ0n) is 9.96. The van der Waals surface area contributed by atoms with Crippen LogP contribution in [-0.2, 0) is 4.79 Å². The van der Waals surface area contributed by atoms with E-state index in [1.54, 1.807) is 6.20 Å². The number of aromatic amines is 1. The first-order valence-electron chi connectivity index (χ1n) is 5.77. The van der Waals surface area contributed by atoms with E-state index < -0.39 is 6.04 Å². The zero-order chi connectivity index (χ0) is 13.2. The van der Waals surface area contributed by atoms with Crippen LogP contribution in [0.4, 0.5) is 5.69 Å². The number of carbonyl (C=O) groups is 1. The molecule has 6 heteroatoms. The fourth-order valence-electron chi connectivity index (χ4n) is 1.89. The molecule has 0 bridgehead atoms. The van der Waals surface area contributed by atoms with Gasteiger partial charge in [0, 0.05) is 10.3 Å². The van der Waals surface area contributed by atoms with Gasteiger partial charge < -0.3 is 11.1 Å². The summed E-state index contributed by atoms with van der Waals surface area (Å²) >= 11 is 1.47. The fourth-order valence-corrected chi connectivity index (χ4v) is 2.61. The van der Waals surface area contributed by atoms with Gasteiger partial charge in [-0.2, -0.15) is 5.10 Å². The monoisotopic (exact) mass is 272 g/mol. The third-order valence-electron chi connectivity index (χ3n) is 2.87. The van der Waals surface area contributed by atoms with E-state index in [2.05, 4.69) is 15.5 Å². The molecule has 0 saturated carbocycles. The van der Waals surface area contributed by atoms with Gasteiger partial charge in [-0.15, -0.1) is 11.3 Å². The molecule has 96 valence electrons. The molecule has 5 nitrogen and oxygen atoms in total. The number of nitrogens with one attached hydrogen (secondary N) is 2. The van der Waals surface area contributed by atoms with E-state index in [1.165, 1.54) is 11.3 Å². The number of aromatic nitrogens is 2. The van der Waals surface area contributed by atoms with Crippen molar-refractivity contribution in [3.63, 3.8) is 0 Å². The Hall–Kier alpha value is -2.18. The summed E-state index contributed by atoms with van der Waals surface area (Å²) in [5.41, 5.74) is 7.51. The lowest BCUT2D eigenvalue weighted by Gasteiger charge is -2.11. The van der Waals surface area contributed by atoms with Gasteiger partial charge in [0.15, 0.2) is 0 Å². The third-order valence-corrected chi connectivity index (χ3v) is 3.83. The second-order valence-electron chi connectivity index (χ2n) is 4.12. The van der Waals surface area contributed by atoms with Crippen molar-refractivity contribution in [3.05, 3.63) is 46.8 Å². The van der Waals surface area contributed by atoms with Gasteiger partial charge in [0.1, 0.15) is 6.04 Å². The topological polar surface area (TPSA) is 83.8 Å². The summed E-state index contributed by atoms with van der Waals surface area (Å²) in [6.07, 6.45) is 1.68. The van der Waals surface area contributed by atoms with E-state index in [0.29, 0.717) is 5.69 Å². The molecule has 0 aliphatic carbocycles. The average Bonchev–Trinajstić information content (AvgIpc) is 3.09. The molecular formula is C13H12N4OS. The van der Waals surface area contributed by atoms with E-state index in [0.717, 1.165) is 15.8 Å². The summed E-state index contributed by atoms with van der Waals surface area (Å²) in [4.78, 5) is 13.0. The van der Waals surface area contributed by atoms with Gasteiger partial charge in [0.25, 0.3) is 0 Å². The number of hydrogen-bond acceptors (Lipinski definition) is 4. The van der Waals surface area contributed by atoms with Crippen molar-refractivity contribution in [3.8, 4) is 0 Å². The Morgan fingerprint density at radius 3 is 3.05 bits per heavy atom. The number of thiophene rings is 1. The first kappa shape index (κ1) is 11.9. The van der Waals surface area contributed by atoms with Gasteiger partial charge in [-0.25, -0.2) is 0 Å². The molecule has 1 aromatic carbocycles. The number of H-pyrrole nitrogens is 1. The highest BCUT2D eigenvalue weighted by Gasteiger charge is 2.17. The first-order chi connectivity index (χ1) is 9.25. The molecule has 3 rings (SSSR count). The lowest BCUT2D eigenvalue weighted by atomic mass is 10.2. The highest BCUT2D eigenvalue weighted by Crippen LogP contribution is 2.23. The largest absolute Gasteiger partial charge is 0.324 e. The number of rotatable bonds is 3. The van der Waals surface area contributed by atoms with Crippen molar-refractivity contribution < 1.29 is 4.79 Å². The minimum atomic E-state index is -0.651. The number of nitrogens with two attached hydrogens (primary N) is 1. The van der Waals surface area contributed by atoms with Crippen LogP contribution in [0, 0.1) is 0 Å². The highest BCUT2D eigenvalue weighted by atomic mass is 32.1. The van der Waals surface area contributed by atoms with Crippen LogP contribution >= 0.6 is 11.3 Å². The van der Waals surface area contributed by atoms with Gasteiger partial charge in [-0.05, 0) is 23.6 Å². The summed E-state index contributed by atoms with van der Waals surface area (Å²) < 4.78 is 0. The molecule has 1 unspecified atom stereocenters. The molecule has 0 fully saturated rings. The minimum Gasteiger partial charge on any atom is -0.324 e. The number of nitrogens with zero attached hydrogens (tertiary/aromatic N) is 1. The number of hydrogen-bond donors (Lipinski definition) is 3. The van der Waals surface area contributed by atoms with E-state index >= 15 is 0 Å². The second-order valence-corrected chi connectivity index (χ2v) is 5.10. The van der Waals surface area contributed by atoms with Gasteiger partial charge in [0.05, 0.1) is 17.4 Å². The minimum absolute atomic E-state index is 0.226. The number of anilines is 1. The molecule has 3 aromatic rings. The SMILES string of the molecule is NC(C(=O)Nc1cccc2[nH]ncc12)c1cccs1. The Balaban J connectivity index is 1.85. The summed E-state index contributed by atoms with van der Waals surface area (Å²) in [6.45, 7) is 0. The van der Waals surface area contributed by atoms with E-state index in [4.69, 9.17) is 5.73 Å². The summed E-state index contributed by atoms with van der Waals surface area (Å²) in [5, 5.41) is 12.4. The van der Waals surface area contributed by atoms with Crippen molar-refractivity contribution in [2.75, 3.05) is 5.32 Å². The van der Waals surface area contributed by atoms with Crippen LogP contribution < -0.4 is 11.1 Å². The summed E-state index contributed by atoms with van der Waals surface area (Å²) in [7, 11) is 0. The zero-order valence-corrected chi connectivity index (χ0v) is 10.8. The Labute approximate surface area is 113 Å². The van der Waals surface area contributed by atoms with Crippen LogP contribution in [0.5, 0.6) is 0 Å². The van der Waals surface area contributed by atoms with Crippen LogP contribution in [-0.4, -0.2) is 16.1 Å². The van der Waals surface area contributed by atoms with Crippen molar-refractivity contribution in [2.24, 2.45) is 5.73 Å². The Morgan fingerprint density at radius 1 is 1.37 bits per heavy atom. The van der Waals surface area contributed by atoms with Crippen molar-refractivity contribution in [2.45, 2.75) is 6.04 Å². The third kappa shape index (κ3) is 2.23. The Bertz CT molecular complexity index is 704. The lowest BCUT2D eigenvalue weighted by molar-refractivity contribution is -0.117. The van der Waals surface area contributed by atoms with Crippen molar-refractivity contribution in [1.29, 1.82) is 0 Å². The van der Waals surface area contributed by atoms with Gasteiger partial charge in [-0.3, -0.25) is 9.89 Å². The molecule has 0 aliphatic rings. The summed E-state index contributed by atoms with van der Waals surface area (Å²) in [6, 6.07) is 8.67. The predicted molar refractivity (Wildman–Crippen MR) is 76.0 cm³/mol. The normalized spacial score (nSPS) is 12.5. The molecule has 1 atom stereocenters. The first-order valence-corrected chi connectivity index (χ1v) is 6.65. The number of benzene rings is 1. The Morgan fingerprint density at radius 2 is 2.26 bits per heavy atom. The molecule has 1 amide bonds. The van der Waals surface area contributed by atoms with Crippen LogP contribution in [0.25, 0.3) is 10.9 Å². The molecule has 0 aliphatic heterocycles. The van der Waals surface area contributed by atoms with Crippen LogP contribution in [0.3, 0.4) is 0 Å². The van der Waals surface area contributed by atoms with Gasteiger partial charge in [-0.1, -0.05) is 12.1 Å². The summed E-state index contributed by atoms with van der Waals surface area (Å²) in [5.74, 6) is -0.226. The lowest BCUT2D eigenvalue weighted by Crippen LogP contribution is -2.27. The molecule has 4 N–H and O–H groups in total. The van der Waals surface area contributed by atoms with E-state index in [9.17, 15) is 4.79 Å². The molecular weight excluding hydrogens is 260 g/mol. The number of fused-ring (bicyclic) bond motifs is 1. The molecule has 19 heavy (non-hydrogen) atoms. The molecule has 0 saturated heterocycles. The highest BCUT2D eigenvalue weighted by molar-refractivity contribution is 7.10. The van der Waals surface area contributed by atoms with Gasteiger partial charge in [0.2, 0.25) is 5.91 Å². The van der Waals surface area contributed by atoms with Crippen molar-refractivity contribution in [1.82, 2.24) is 10.2 Å². The number of amides is 1. The van der Waals surface area contributed by atoms with Crippen LogP contribution in [0.2, 0.25) is 0 Å². The van der Waals surface area contributed by atoms with Crippen LogP contribution in [0.15, 0.2) is 41.9 Å². The fraction of sp³-hybridized carbons (Fsp3) is 0.0769. The smallest absolute Gasteiger partial charge is 0.246 e. The average molecular weight is 272 g/mol. The molecule has 0 spiro atoms. The van der Waals surface area contributed by atoms with Crippen molar-refractivity contribution >= 4 is 33.8 Å². The molecule has 2 aromatic heterocycles. The maximum atomic E-state index is 12.1. The number of carbonyl (C=O) groups excluding carboxylic acids is 1. The predicted octanol–water partition coefficient (Wildman–Crippen LogP) is 2.26. The maximum absolute atomic E-state index is 12.1. The quantitative estimate of drug-likeness (QED) is 0.683. The van der Waals surface area contributed by atoms with Gasteiger partial charge >= 0.3 is 0 Å². The molecule has 2 heterocycles. The standard InChI is InChI=1S/C13H12N4OS/c14-12(11-5-2-6-19-11)13(18)16-9-3-1-4-10-8(9)7-15-17-10/h1-7,12H,14H2,(H,15,17)(H,16,18). The second kappa shape index (κ2) is 4.83. The molecule has 0 radical (unpaired) electrons. The van der Waals surface area contributed by atoms with Crippen LogP contribution in [0.1, 0.15) is 10.9 Å².